The summed E-state index contributed by atoms with van der Waals surface area (Å²) in [6, 6.07) is 0.561. The van der Waals surface area contributed by atoms with Crippen LogP contribution in [0.3, 0.4) is 0 Å². The maximum Gasteiger partial charge on any atom is 0.101 e. The van der Waals surface area contributed by atoms with Gasteiger partial charge in [0, 0.05) is 19.2 Å². The second-order valence-electron chi connectivity index (χ2n) is 3.40. The van der Waals surface area contributed by atoms with Crippen LogP contribution in [0.5, 0.6) is 0 Å². The van der Waals surface area contributed by atoms with E-state index in [2.05, 4.69) is 21.9 Å². The first-order valence-corrected chi connectivity index (χ1v) is 4.45. The minimum Gasteiger partial charge on any atom is -0.365 e. The Labute approximate surface area is 72.8 Å². The summed E-state index contributed by atoms with van der Waals surface area (Å²) in [4.78, 5) is 2.26. The highest BCUT2D eigenvalue weighted by Gasteiger charge is 2.20. The van der Waals surface area contributed by atoms with Gasteiger partial charge in [-0.1, -0.05) is 0 Å². The van der Waals surface area contributed by atoms with E-state index in [0.717, 1.165) is 33.0 Å². The van der Waals surface area contributed by atoms with Crippen LogP contribution in [0.4, 0.5) is 0 Å². The highest BCUT2D eigenvalue weighted by atomic mass is 16.5. The second kappa shape index (κ2) is 3.41. The maximum absolute atomic E-state index is 5.25. The lowest BCUT2D eigenvalue weighted by molar-refractivity contribution is 0.0822. The number of nitrogens with zero attached hydrogens (tertiary/aromatic N) is 3. The molecule has 12 heavy (non-hydrogen) atoms. The summed E-state index contributed by atoms with van der Waals surface area (Å²) in [6.45, 7) is 5.78. The van der Waals surface area contributed by atoms with E-state index in [9.17, 15) is 0 Å². The van der Waals surface area contributed by atoms with Crippen molar-refractivity contribution in [1.82, 2.24) is 9.91 Å². The fourth-order valence-electron chi connectivity index (χ4n) is 1.48. The molecule has 0 spiro atoms. The Morgan fingerprint density at radius 2 is 2.58 bits per heavy atom. The second-order valence-corrected chi connectivity index (χ2v) is 3.40. The molecule has 1 fully saturated rings. The fraction of sp³-hybridized carbons (Fsp3) is 0.875. The molecule has 0 bridgehead atoms. The number of hydrogen-bond acceptors (Lipinski definition) is 4. The summed E-state index contributed by atoms with van der Waals surface area (Å²) in [5.41, 5.74) is 0. The van der Waals surface area contributed by atoms with Crippen LogP contribution in [0.15, 0.2) is 5.10 Å². The highest BCUT2D eigenvalue weighted by molar-refractivity contribution is 5.59. The van der Waals surface area contributed by atoms with Gasteiger partial charge in [-0.15, -0.1) is 0 Å². The van der Waals surface area contributed by atoms with Crippen molar-refractivity contribution in [2.24, 2.45) is 5.10 Å². The third-order valence-corrected chi connectivity index (χ3v) is 2.36. The van der Waals surface area contributed by atoms with E-state index in [1.165, 1.54) is 0 Å². The van der Waals surface area contributed by atoms with E-state index in [4.69, 9.17) is 4.74 Å². The van der Waals surface area contributed by atoms with E-state index in [1.54, 1.807) is 0 Å². The van der Waals surface area contributed by atoms with Crippen molar-refractivity contribution in [3.8, 4) is 0 Å². The quantitative estimate of drug-likeness (QED) is 0.595. The molecule has 2 heterocycles. The van der Waals surface area contributed by atoms with Gasteiger partial charge in [-0.05, 0) is 6.92 Å². The van der Waals surface area contributed by atoms with Gasteiger partial charge in [0.1, 0.15) is 6.73 Å². The Hall–Kier alpha value is -0.610. The first kappa shape index (κ1) is 8.01. The summed E-state index contributed by atoms with van der Waals surface area (Å²) in [6.07, 6.45) is 3.07. The molecule has 0 saturated carbocycles. The van der Waals surface area contributed by atoms with Crippen molar-refractivity contribution < 1.29 is 4.74 Å². The van der Waals surface area contributed by atoms with Gasteiger partial charge in [0.2, 0.25) is 0 Å². The van der Waals surface area contributed by atoms with Crippen molar-refractivity contribution in [3.63, 3.8) is 0 Å². The SMILES string of the molecule is CC1CC=NN1CN1CCOC1. The van der Waals surface area contributed by atoms with Crippen LogP contribution in [0.2, 0.25) is 0 Å². The van der Waals surface area contributed by atoms with E-state index in [0.29, 0.717) is 6.04 Å². The zero-order chi connectivity index (χ0) is 8.39. The van der Waals surface area contributed by atoms with Gasteiger partial charge < -0.3 is 4.74 Å². The first-order valence-electron chi connectivity index (χ1n) is 4.45. The molecule has 0 aromatic rings. The molecule has 2 rings (SSSR count). The maximum atomic E-state index is 5.25. The van der Waals surface area contributed by atoms with Gasteiger partial charge in [-0.3, -0.25) is 9.91 Å². The lowest BCUT2D eigenvalue weighted by Crippen LogP contribution is -2.36. The molecule has 2 aliphatic rings. The topological polar surface area (TPSA) is 28.1 Å². The van der Waals surface area contributed by atoms with Crippen LogP contribution in [0.1, 0.15) is 13.3 Å². The number of rotatable bonds is 2. The molecule has 4 nitrogen and oxygen atoms in total. The van der Waals surface area contributed by atoms with E-state index in [1.807, 2.05) is 6.21 Å². The molecule has 68 valence electrons. The van der Waals surface area contributed by atoms with Crippen LogP contribution in [0, 0.1) is 0 Å². The molecule has 0 amide bonds. The van der Waals surface area contributed by atoms with Crippen molar-refractivity contribution in [2.75, 3.05) is 26.6 Å². The average molecular weight is 169 g/mol. The largest absolute Gasteiger partial charge is 0.365 e. The van der Waals surface area contributed by atoms with Crippen LogP contribution in [-0.4, -0.2) is 48.7 Å². The van der Waals surface area contributed by atoms with Crippen molar-refractivity contribution in [3.05, 3.63) is 0 Å². The Kier molecular flexibility index (Phi) is 2.28. The van der Waals surface area contributed by atoms with Gasteiger partial charge in [-0.2, -0.15) is 5.10 Å². The number of hydrazone groups is 1. The molecular weight excluding hydrogens is 154 g/mol. The molecule has 2 aliphatic heterocycles. The molecule has 4 heteroatoms. The van der Waals surface area contributed by atoms with Gasteiger partial charge in [0.25, 0.3) is 0 Å². The zero-order valence-electron chi connectivity index (χ0n) is 7.44. The summed E-state index contributed by atoms with van der Waals surface area (Å²) >= 11 is 0. The molecule has 1 saturated heterocycles. The van der Waals surface area contributed by atoms with Gasteiger partial charge in [0.15, 0.2) is 0 Å². The van der Waals surface area contributed by atoms with E-state index >= 15 is 0 Å². The fourth-order valence-corrected chi connectivity index (χ4v) is 1.48. The summed E-state index contributed by atoms with van der Waals surface area (Å²) < 4.78 is 5.25. The predicted molar refractivity (Wildman–Crippen MR) is 46.8 cm³/mol. The van der Waals surface area contributed by atoms with Gasteiger partial charge >= 0.3 is 0 Å². The molecule has 0 radical (unpaired) electrons. The first-order chi connectivity index (χ1) is 5.86. The van der Waals surface area contributed by atoms with E-state index < -0.39 is 0 Å². The Balaban J connectivity index is 1.81. The average Bonchev–Trinajstić information content (AvgIpc) is 2.65. The lowest BCUT2D eigenvalue weighted by atomic mass is 10.3. The van der Waals surface area contributed by atoms with Crippen LogP contribution in [0.25, 0.3) is 0 Å². The van der Waals surface area contributed by atoms with Crippen molar-refractivity contribution in [2.45, 2.75) is 19.4 Å². The van der Waals surface area contributed by atoms with Crippen LogP contribution < -0.4 is 0 Å². The summed E-state index contributed by atoms with van der Waals surface area (Å²) in [5.74, 6) is 0. The van der Waals surface area contributed by atoms with E-state index in [-0.39, 0.29) is 0 Å². The lowest BCUT2D eigenvalue weighted by Gasteiger charge is -2.24. The van der Waals surface area contributed by atoms with Crippen molar-refractivity contribution >= 4 is 6.21 Å². The minimum absolute atomic E-state index is 0.561. The molecule has 0 aromatic carbocycles. The highest BCUT2D eigenvalue weighted by Crippen LogP contribution is 2.11. The smallest absolute Gasteiger partial charge is 0.101 e. The number of ether oxygens (including phenoxy) is 1. The van der Waals surface area contributed by atoms with Crippen LogP contribution >= 0.6 is 0 Å². The predicted octanol–water partition coefficient (Wildman–Crippen LogP) is 0.314. The standard InChI is InChI=1S/C8H15N3O/c1-8-2-3-9-11(8)6-10-4-5-12-7-10/h3,8H,2,4-7H2,1H3. The summed E-state index contributed by atoms with van der Waals surface area (Å²) in [7, 11) is 0. The monoisotopic (exact) mass is 169 g/mol. The van der Waals surface area contributed by atoms with Gasteiger partial charge in [-0.25, -0.2) is 0 Å². The third-order valence-electron chi connectivity index (χ3n) is 2.36. The Bertz CT molecular complexity index is 177. The summed E-state index contributed by atoms with van der Waals surface area (Å²) in [5, 5.41) is 6.41. The Morgan fingerprint density at radius 3 is 3.17 bits per heavy atom. The molecular formula is C8H15N3O. The normalized spacial score (nSPS) is 30.4. The Morgan fingerprint density at radius 1 is 1.67 bits per heavy atom. The molecule has 0 N–H and O–H groups in total. The van der Waals surface area contributed by atoms with Crippen molar-refractivity contribution in [1.29, 1.82) is 0 Å². The molecule has 0 aliphatic carbocycles. The van der Waals surface area contributed by atoms with Gasteiger partial charge in [0.05, 0.1) is 19.3 Å². The molecule has 1 atom stereocenters. The minimum atomic E-state index is 0.561. The number of hydrogen-bond donors (Lipinski definition) is 0. The third kappa shape index (κ3) is 1.59. The van der Waals surface area contributed by atoms with Crippen LogP contribution in [-0.2, 0) is 4.74 Å². The zero-order valence-corrected chi connectivity index (χ0v) is 7.44. The molecule has 0 aromatic heterocycles. The molecule has 1 unspecified atom stereocenters.